The molecule has 0 aromatic heterocycles. The van der Waals surface area contributed by atoms with Gasteiger partial charge in [-0.2, -0.15) is 0 Å². The van der Waals surface area contributed by atoms with Crippen LogP contribution in [0, 0.1) is 5.82 Å². The van der Waals surface area contributed by atoms with E-state index in [0.29, 0.717) is 11.5 Å². The third-order valence-electron chi connectivity index (χ3n) is 4.65. The maximum absolute atomic E-state index is 13.4. The highest BCUT2D eigenvalue weighted by atomic mass is 19.1. The van der Waals surface area contributed by atoms with Crippen LogP contribution in [0.3, 0.4) is 0 Å². The zero-order valence-corrected chi connectivity index (χ0v) is 15.2. The highest BCUT2D eigenvalue weighted by Gasteiger charge is 2.21. The number of piperidine rings is 1. The Morgan fingerprint density at radius 2 is 1.92 bits per heavy atom. The van der Waals surface area contributed by atoms with Crippen LogP contribution in [0.1, 0.15) is 18.4 Å². The van der Waals surface area contributed by atoms with Crippen molar-refractivity contribution < 1.29 is 19.0 Å². The predicted octanol–water partition coefficient (Wildman–Crippen LogP) is 3.63. The number of phenols is 1. The first kappa shape index (κ1) is 18.3. The third kappa shape index (κ3) is 4.38. The molecule has 0 radical (unpaired) electrons. The summed E-state index contributed by atoms with van der Waals surface area (Å²) in [7, 11) is 3.05. The van der Waals surface area contributed by atoms with Gasteiger partial charge in [-0.05, 0) is 55.3 Å². The Hall–Kier alpha value is -2.47. The number of phenolic OH excluding ortho intramolecular Hbond substituents is 1. The standard InChI is InChI=1S/C20H25FN2O3/c1-25-18-9-14(10-19(26-2)20(18)24)12-23-8-4-7-17(13-23)22-16-6-3-5-15(21)11-16/h3,5-6,9-11,17,22,24H,4,7-8,12-13H2,1-2H3/t17-/m0/s1. The second-order valence-corrected chi connectivity index (χ2v) is 6.58. The lowest BCUT2D eigenvalue weighted by Crippen LogP contribution is -2.41. The largest absolute Gasteiger partial charge is 0.502 e. The van der Waals surface area contributed by atoms with Crippen LogP contribution in [0.25, 0.3) is 0 Å². The number of anilines is 1. The molecule has 5 nitrogen and oxygen atoms in total. The van der Waals surface area contributed by atoms with Gasteiger partial charge in [0.15, 0.2) is 11.5 Å². The van der Waals surface area contributed by atoms with Crippen LogP contribution in [0.15, 0.2) is 36.4 Å². The molecule has 3 rings (SSSR count). The van der Waals surface area contributed by atoms with Crippen molar-refractivity contribution in [2.45, 2.75) is 25.4 Å². The molecule has 140 valence electrons. The first-order chi connectivity index (χ1) is 12.6. The molecule has 1 aliphatic heterocycles. The number of ether oxygens (including phenoxy) is 2. The summed E-state index contributed by atoms with van der Waals surface area (Å²) < 4.78 is 23.8. The van der Waals surface area contributed by atoms with Gasteiger partial charge < -0.3 is 19.9 Å². The van der Waals surface area contributed by atoms with Gasteiger partial charge in [-0.3, -0.25) is 4.90 Å². The Kier molecular flexibility index (Phi) is 5.83. The summed E-state index contributed by atoms with van der Waals surface area (Å²) in [6, 6.07) is 10.5. The Balaban J connectivity index is 1.66. The molecule has 2 aromatic rings. The number of nitrogens with one attached hydrogen (secondary N) is 1. The summed E-state index contributed by atoms with van der Waals surface area (Å²) in [5.74, 6) is 0.602. The summed E-state index contributed by atoms with van der Waals surface area (Å²) >= 11 is 0. The van der Waals surface area contributed by atoms with Gasteiger partial charge in [-0.15, -0.1) is 0 Å². The number of hydrogen-bond donors (Lipinski definition) is 2. The highest BCUT2D eigenvalue weighted by Crippen LogP contribution is 2.37. The van der Waals surface area contributed by atoms with Crippen LogP contribution in [0.5, 0.6) is 17.2 Å². The molecular weight excluding hydrogens is 335 g/mol. The van der Waals surface area contributed by atoms with Crippen LogP contribution < -0.4 is 14.8 Å². The summed E-state index contributed by atoms with van der Waals surface area (Å²) in [6.07, 6.45) is 2.12. The lowest BCUT2D eigenvalue weighted by atomic mass is 10.0. The lowest BCUT2D eigenvalue weighted by Gasteiger charge is -2.33. The van der Waals surface area contributed by atoms with E-state index in [1.54, 1.807) is 6.07 Å². The Bertz CT molecular complexity index is 729. The van der Waals surface area contributed by atoms with Gasteiger partial charge in [0.2, 0.25) is 5.75 Å². The molecule has 2 N–H and O–H groups in total. The average Bonchev–Trinajstić information content (AvgIpc) is 2.63. The maximum atomic E-state index is 13.4. The molecule has 6 heteroatoms. The summed E-state index contributed by atoms with van der Waals surface area (Å²) in [5, 5.41) is 13.5. The molecule has 0 bridgehead atoms. The number of benzene rings is 2. The Labute approximate surface area is 153 Å². The fourth-order valence-electron chi connectivity index (χ4n) is 3.43. The number of hydrogen-bond acceptors (Lipinski definition) is 5. The van der Waals surface area contributed by atoms with E-state index < -0.39 is 0 Å². The average molecular weight is 360 g/mol. The van der Waals surface area contributed by atoms with Gasteiger partial charge in [0, 0.05) is 24.8 Å². The molecule has 1 saturated heterocycles. The lowest BCUT2D eigenvalue weighted by molar-refractivity contribution is 0.208. The molecule has 1 heterocycles. The molecule has 1 atom stereocenters. The van der Waals surface area contributed by atoms with Crippen molar-refractivity contribution in [2.75, 3.05) is 32.6 Å². The van der Waals surface area contributed by atoms with Gasteiger partial charge in [0.1, 0.15) is 5.82 Å². The number of rotatable bonds is 6. The molecular formula is C20H25FN2O3. The van der Waals surface area contributed by atoms with E-state index >= 15 is 0 Å². The van der Waals surface area contributed by atoms with E-state index in [1.165, 1.54) is 26.4 Å². The van der Waals surface area contributed by atoms with Crippen molar-refractivity contribution >= 4 is 5.69 Å². The predicted molar refractivity (Wildman–Crippen MR) is 99.5 cm³/mol. The van der Waals surface area contributed by atoms with Crippen molar-refractivity contribution in [3.8, 4) is 17.2 Å². The van der Waals surface area contributed by atoms with E-state index in [-0.39, 0.29) is 17.6 Å². The fraction of sp³-hybridized carbons (Fsp3) is 0.400. The van der Waals surface area contributed by atoms with Crippen LogP contribution in [0.2, 0.25) is 0 Å². The van der Waals surface area contributed by atoms with Gasteiger partial charge in [0.05, 0.1) is 14.2 Å². The van der Waals surface area contributed by atoms with Crippen molar-refractivity contribution in [2.24, 2.45) is 0 Å². The minimum Gasteiger partial charge on any atom is -0.502 e. The molecule has 0 unspecified atom stereocenters. The van der Waals surface area contributed by atoms with Crippen molar-refractivity contribution in [1.82, 2.24) is 4.90 Å². The quantitative estimate of drug-likeness (QED) is 0.824. The zero-order chi connectivity index (χ0) is 18.5. The van der Waals surface area contributed by atoms with Crippen molar-refractivity contribution in [3.63, 3.8) is 0 Å². The molecule has 1 fully saturated rings. The minimum absolute atomic E-state index is 0.0167. The summed E-state index contributed by atoms with van der Waals surface area (Å²) in [4.78, 5) is 2.34. The number of nitrogens with zero attached hydrogens (tertiary/aromatic N) is 1. The van der Waals surface area contributed by atoms with E-state index in [2.05, 4.69) is 10.2 Å². The van der Waals surface area contributed by atoms with E-state index in [9.17, 15) is 9.50 Å². The third-order valence-corrected chi connectivity index (χ3v) is 4.65. The van der Waals surface area contributed by atoms with Crippen LogP contribution in [-0.4, -0.2) is 43.4 Å². The number of aromatic hydroxyl groups is 1. The zero-order valence-electron chi connectivity index (χ0n) is 15.2. The molecule has 2 aromatic carbocycles. The number of likely N-dealkylation sites (tertiary alicyclic amines) is 1. The van der Waals surface area contributed by atoms with Gasteiger partial charge >= 0.3 is 0 Å². The van der Waals surface area contributed by atoms with Crippen LogP contribution >= 0.6 is 0 Å². The van der Waals surface area contributed by atoms with Crippen molar-refractivity contribution in [3.05, 3.63) is 47.8 Å². The molecule has 0 spiro atoms. The Morgan fingerprint density at radius 1 is 1.19 bits per heavy atom. The fourth-order valence-corrected chi connectivity index (χ4v) is 3.43. The number of methoxy groups -OCH3 is 2. The topological polar surface area (TPSA) is 54.0 Å². The van der Waals surface area contributed by atoms with Gasteiger partial charge in [-0.25, -0.2) is 4.39 Å². The normalized spacial score (nSPS) is 17.7. The second kappa shape index (κ2) is 8.27. The van der Waals surface area contributed by atoms with Crippen LogP contribution in [-0.2, 0) is 6.54 Å². The van der Waals surface area contributed by atoms with E-state index in [4.69, 9.17) is 9.47 Å². The minimum atomic E-state index is -0.231. The SMILES string of the molecule is COc1cc(CN2CCC[C@H](Nc3cccc(F)c3)C2)cc(OC)c1O. The first-order valence-corrected chi connectivity index (χ1v) is 8.77. The molecule has 0 amide bonds. The Morgan fingerprint density at radius 3 is 2.58 bits per heavy atom. The van der Waals surface area contributed by atoms with Gasteiger partial charge in [0.25, 0.3) is 0 Å². The monoisotopic (exact) mass is 360 g/mol. The summed E-state index contributed by atoms with van der Waals surface area (Å²) in [5.41, 5.74) is 1.83. The van der Waals surface area contributed by atoms with E-state index in [1.807, 2.05) is 18.2 Å². The first-order valence-electron chi connectivity index (χ1n) is 8.77. The highest BCUT2D eigenvalue weighted by molar-refractivity contribution is 5.52. The molecule has 26 heavy (non-hydrogen) atoms. The van der Waals surface area contributed by atoms with E-state index in [0.717, 1.165) is 43.7 Å². The smallest absolute Gasteiger partial charge is 0.200 e. The maximum Gasteiger partial charge on any atom is 0.200 e. The molecule has 0 aliphatic carbocycles. The second-order valence-electron chi connectivity index (χ2n) is 6.58. The van der Waals surface area contributed by atoms with Crippen LogP contribution in [0.4, 0.5) is 10.1 Å². The molecule has 1 aliphatic rings. The number of halogens is 1. The van der Waals surface area contributed by atoms with Gasteiger partial charge in [-0.1, -0.05) is 6.07 Å². The molecule has 0 saturated carbocycles. The summed E-state index contributed by atoms with van der Waals surface area (Å²) in [6.45, 7) is 2.59. The van der Waals surface area contributed by atoms with Crippen molar-refractivity contribution in [1.29, 1.82) is 0 Å².